The van der Waals surface area contributed by atoms with Crippen molar-refractivity contribution in [2.24, 2.45) is 16.6 Å². The zero-order valence-electron chi connectivity index (χ0n) is 12.3. The summed E-state index contributed by atoms with van der Waals surface area (Å²) in [7, 11) is 0. The number of aliphatic hydroxyl groups is 1. The molecule has 0 bridgehead atoms. The van der Waals surface area contributed by atoms with E-state index in [1.54, 1.807) is 0 Å². The van der Waals surface area contributed by atoms with Gasteiger partial charge >= 0.3 is 0 Å². The lowest BCUT2D eigenvalue weighted by Gasteiger charge is -2.31. The Labute approximate surface area is 121 Å². The van der Waals surface area contributed by atoms with Gasteiger partial charge in [0.1, 0.15) is 0 Å². The normalized spacial score (nSPS) is 17.5. The van der Waals surface area contributed by atoms with Gasteiger partial charge in [-0.3, -0.25) is 4.99 Å². The van der Waals surface area contributed by atoms with Gasteiger partial charge in [-0.25, -0.2) is 0 Å². The Morgan fingerprint density at radius 1 is 1.25 bits per heavy atom. The molecule has 3 N–H and O–H groups in total. The van der Waals surface area contributed by atoms with Crippen molar-refractivity contribution in [1.82, 2.24) is 4.90 Å². The summed E-state index contributed by atoms with van der Waals surface area (Å²) in [6, 6.07) is 7.99. The van der Waals surface area contributed by atoms with E-state index >= 15 is 0 Å². The van der Waals surface area contributed by atoms with Crippen LogP contribution in [0.5, 0.6) is 0 Å². The molecule has 1 aromatic carbocycles. The molecule has 1 fully saturated rings. The highest BCUT2D eigenvalue weighted by atomic mass is 16.3. The number of nitrogens with two attached hydrogens (primary N) is 1. The summed E-state index contributed by atoms with van der Waals surface area (Å²) in [4.78, 5) is 6.67. The summed E-state index contributed by atoms with van der Waals surface area (Å²) in [5.41, 5.74) is 8.22. The quantitative estimate of drug-likeness (QED) is 0.650. The number of hydrogen-bond donors (Lipinski definition) is 2. The Balaban J connectivity index is 1.79. The summed E-state index contributed by atoms with van der Waals surface area (Å²) in [5, 5.41) is 9.00. The predicted octanol–water partition coefficient (Wildman–Crippen LogP) is 1.77. The molecule has 0 radical (unpaired) electrons. The molecule has 2 rings (SSSR count). The molecule has 0 aliphatic carbocycles. The van der Waals surface area contributed by atoms with E-state index in [-0.39, 0.29) is 6.61 Å². The van der Waals surface area contributed by atoms with E-state index in [0.717, 1.165) is 37.5 Å². The fourth-order valence-electron chi connectivity index (χ4n) is 2.45. The summed E-state index contributed by atoms with van der Waals surface area (Å²) in [5.74, 6) is 1.49. The van der Waals surface area contributed by atoms with E-state index in [1.165, 1.54) is 18.4 Å². The Kier molecular flexibility index (Phi) is 5.41. The van der Waals surface area contributed by atoms with Crippen molar-refractivity contribution in [1.29, 1.82) is 0 Å². The van der Waals surface area contributed by atoms with E-state index < -0.39 is 0 Å². The Morgan fingerprint density at radius 3 is 2.45 bits per heavy atom. The van der Waals surface area contributed by atoms with Gasteiger partial charge < -0.3 is 15.7 Å². The second-order valence-electron chi connectivity index (χ2n) is 5.63. The first kappa shape index (κ1) is 14.9. The Hall–Kier alpha value is -1.55. The topological polar surface area (TPSA) is 61.8 Å². The number of hydrogen-bond acceptors (Lipinski definition) is 2. The highest BCUT2D eigenvalue weighted by Gasteiger charge is 2.16. The lowest BCUT2D eigenvalue weighted by atomic mass is 10.00. The van der Waals surface area contributed by atoms with Gasteiger partial charge in [0.05, 0.1) is 6.61 Å². The summed E-state index contributed by atoms with van der Waals surface area (Å²) >= 11 is 0. The maximum atomic E-state index is 9.00. The number of guanidine groups is 1. The maximum Gasteiger partial charge on any atom is 0.191 e. The molecule has 4 nitrogen and oxygen atoms in total. The van der Waals surface area contributed by atoms with Crippen LogP contribution in [0, 0.1) is 5.92 Å². The first-order valence-electron chi connectivity index (χ1n) is 7.42. The first-order valence-corrected chi connectivity index (χ1v) is 7.42. The minimum atomic E-state index is 0.0960. The molecule has 1 aliphatic heterocycles. The number of rotatable bonds is 4. The molecule has 110 valence electrons. The molecular formula is C16H25N3O. The molecular weight excluding hydrogens is 250 g/mol. The first-order chi connectivity index (χ1) is 9.69. The summed E-state index contributed by atoms with van der Waals surface area (Å²) in [6.45, 7) is 5.17. The minimum Gasteiger partial charge on any atom is -0.392 e. The van der Waals surface area contributed by atoms with Crippen molar-refractivity contribution in [2.75, 3.05) is 19.6 Å². The second-order valence-corrected chi connectivity index (χ2v) is 5.63. The number of benzene rings is 1. The Bertz CT molecular complexity index is 434. The average Bonchev–Trinajstić information content (AvgIpc) is 2.48. The highest BCUT2D eigenvalue weighted by Crippen LogP contribution is 2.15. The molecule has 0 atom stereocenters. The van der Waals surface area contributed by atoms with Crippen LogP contribution in [-0.4, -0.2) is 35.6 Å². The molecule has 0 unspecified atom stereocenters. The maximum absolute atomic E-state index is 9.00. The van der Waals surface area contributed by atoms with Gasteiger partial charge in [-0.2, -0.15) is 0 Å². The SMILES string of the molecule is CC1CCN(C(N)=NCCc2ccc(CO)cc2)CC1. The standard InChI is InChI=1S/C16H25N3O/c1-13-7-10-19(11-8-13)16(17)18-9-6-14-2-4-15(12-20)5-3-14/h2-5,13,20H,6-12H2,1H3,(H2,17,18). The molecule has 1 heterocycles. The highest BCUT2D eigenvalue weighted by molar-refractivity contribution is 5.78. The fraction of sp³-hybridized carbons (Fsp3) is 0.562. The number of likely N-dealkylation sites (tertiary alicyclic amines) is 1. The van der Waals surface area contributed by atoms with Crippen molar-refractivity contribution < 1.29 is 5.11 Å². The van der Waals surface area contributed by atoms with Crippen LogP contribution in [0.1, 0.15) is 30.9 Å². The predicted molar refractivity (Wildman–Crippen MR) is 82.5 cm³/mol. The van der Waals surface area contributed by atoms with E-state index in [0.29, 0.717) is 5.96 Å². The molecule has 1 saturated heterocycles. The molecule has 1 aromatic rings. The number of piperidine rings is 1. The van der Waals surface area contributed by atoms with Gasteiger partial charge in [-0.1, -0.05) is 31.2 Å². The zero-order chi connectivity index (χ0) is 14.4. The molecule has 1 aliphatic rings. The molecule has 0 saturated carbocycles. The Morgan fingerprint density at radius 2 is 1.85 bits per heavy atom. The van der Waals surface area contributed by atoms with Crippen molar-refractivity contribution >= 4 is 5.96 Å². The number of nitrogens with zero attached hydrogens (tertiary/aromatic N) is 2. The fourth-order valence-corrected chi connectivity index (χ4v) is 2.45. The summed E-state index contributed by atoms with van der Waals surface area (Å²) < 4.78 is 0. The van der Waals surface area contributed by atoms with Gasteiger partial charge in [0, 0.05) is 19.6 Å². The van der Waals surface area contributed by atoms with Crippen molar-refractivity contribution in [3.05, 3.63) is 35.4 Å². The van der Waals surface area contributed by atoms with Crippen LogP contribution in [0.25, 0.3) is 0 Å². The number of aliphatic imine (C=N–C) groups is 1. The van der Waals surface area contributed by atoms with Gasteiger partial charge in [0.15, 0.2) is 5.96 Å². The van der Waals surface area contributed by atoms with Crippen LogP contribution in [0.3, 0.4) is 0 Å². The average molecular weight is 275 g/mol. The molecule has 0 spiro atoms. The monoisotopic (exact) mass is 275 g/mol. The molecule has 0 aromatic heterocycles. The third kappa shape index (κ3) is 4.23. The van der Waals surface area contributed by atoms with Crippen LogP contribution >= 0.6 is 0 Å². The van der Waals surface area contributed by atoms with Gasteiger partial charge in [-0.15, -0.1) is 0 Å². The van der Waals surface area contributed by atoms with Crippen LogP contribution < -0.4 is 5.73 Å². The smallest absolute Gasteiger partial charge is 0.191 e. The molecule has 20 heavy (non-hydrogen) atoms. The third-order valence-electron chi connectivity index (χ3n) is 3.99. The van der Waals surface area contributed by atoms with E-state index in [9.17, 15) is 0 Å². The van der Waals surface area contributed by atoms with Gasteiger partial charge in [0.2, 0.25) is 0 Å². The van der Waals surface area contributed by atoms with Crippen LogP contribution in [-0.2, 0) is 13.0 Å². The van der Waals surface area contributed by atoms with Gasteiger partial charge in [-0.05, 0) is 36.3 Å². The third-order valence-corrected chi connectivity index (χ3v) is 3.99. The van der Waals surface area contributed by atoms with Crippen LogP contribution in [0.4, 0.5) is 0 Å². The van der Waals surface area contributed by atoms with E-state index in [2.05, 4.69) is 16.8 Å². The summed E-state index contributed by atoms with van der Waals surface area (Å²) in [6.07, 6.45) is 3.30. The van der Waals surface area contributed by atoms with Crippen molar-refractivity contribution in [3.63, 3.8) is 0 Å². The molecule has 0 amide bonds. The lowest BCUT2D eigenvalue weighted by Crippen LogP contribution is -2.42. The molecule has 4 heteroatoms. The van der Waals surface area contributed by atoms with Gasteiger partial charge in [0.25, 0.3) is 0 Å². The minimum absolute atomic E-state index is 0.0960. The number of aliphatic hydroxyl groups excluding tert-OH is 1. The zero-order valence-corrected chi connectivity index (χ0v) is 12.3. The second kappa shape index (κ2) is 7.29. The van der Waals surface area contributed by atoms with Crippen LogP contribution in [0.15, 0.2) is 29.3 Å². The van der Waals surface area contributed by atoms with E-state index in [4.69, 9.17) is 10.8 Å². The van der Waals surface area contributed by atoms with E-state index in [1.807, 2.05) is 24.3 Å². The van der Waals surface area contributed by atoms with Crippen LogP contribution in [0.2, 0.25) is 0 Å². The van der Waals surface area contributed by atoms with Crippen molar-refractivity contribution in [3.8, 4) is 0 Å². The largest absolute Gasteiger partial charge is 0.392 e. The lowest BCUT2D eigenvalue weighted by molar-refractivity contribution is 0.277. The van der Waals surface area contributed by atoms with Crippen molar-refractivity contribution in [2.45, 2.75) is 32.8 Å².